The summed E-state index contributed by atoms with van der Waals surface area (Å²) in [7, 11) is 0. The molecule has 0 saturated heterocycles. The molecule has 0 aliphatic rings. The van der Waals surface area contributed by atoms with Crippen LogP contribution in [0.25, 0.3) is 0 Å². The van der Waals surface area contributed by atoms with Crippen LogP contribution in [-0.4, -0.2) is 6.26 Å². The molecule has 0 radical (unpaired) electrons. The third kappa shape index (κ3) is 2.65. The largest absolute Gasteiger partial charge is 0.203 e. The monoisotopic (exact) mass is 240 g/mol. The van der Waals surface area contributed by atoms with E-state index in [9.17, 15) is 17.6 Å². The summed E-state index contributed by atoms with van der Waals surface area (Å²) < 4.78 is 51.5. The van der Waals surface area contributed by atoms with Crippen molar-refractivity contribution in [3.05, 3.63) is 28.8 Å². The topological polar surface area (TPSA) is 0 Å². The molecule has 0 N–H and O–H groups in total. The Balaban J connectivity index is 0.000000921. The summed E-state index contributed by atoms with van der Waals surface area (Å²) in [5, 5.41) is 0. The quantitative estimate of drug-likeness (QED) is 0.400. The van der Waals surface area contributed by atoms with Crippen molar-refractivity contribution in [1.29, 1.82) is 0 Å². The molecular formula is C10H12F4S. The lowest BCUT2D eigenvalue weighted by atomic mass is 10.2. The van der Waals surface area contributed by atoms with E-state index in [1.807, 2.05) is 13.8 Å². The van der Waals surface area contributed by atoms with Gasteiger partial charge in [-0.2, -0.15) is 0 Å². The molecule has 1 rings (SSSR count). The lowest BCUT2D eigenvalue weighted by molar-refractivity contribution is 0.418. The smallest absolute Gasteiger partial charge is 0.175 e. The number of thioether (sulfide) groups is 1. The summed E-state index contributed by atoms with van der Waals surface area (Å²) in [6, 6.07) is 0. The maximum atomic E-state index is 12.9. The Bertz CT molecular complexity index is 321. The summed E-state index contributed by atoms with van der Waals surface area (Å²) in [5.41, 5.74) is -0.632. The molecule has 0 amide bonds. The summed E-state index contributed by atoms with van der Waals surface area (Å²) in [5.74, 6) is -5.32. The van der Waals surface area contributed by atoms with E-state index in [2.05, 4.69) is 0 Å². The highest BCUT2D eigenvalue weighted by Crippen LogP contribution is 2.29. The molecule has 0 unspecified atom stereocenters. The van der Waals surface area contributed by atoms with Crippen molar-refractivity contribution >= 4 is 11.8 Å². The van der Waals surface area contributed by atoms with Crippen molar-refractivity contribution in [3.8, 4) is 0 Å². The lowest BCUT2D eigenvalue weighted by Crippen LogP contribution is -2.01. The molecule has 0 fully saturated rings. The van der Waals surface area contributed by atoms with Crippen LogP contribution in [0.1, 0.15) is 19.4 Å². The van der Waals surface area contributed by atoms with Gasteiger partial charge in [0.2, 0.25) is 0 Å². The van der Waals surface area contributed by atoms with Crippen LogP contribution in [0.15, 0.2) is 4.90 Å². The maximum absolute atomic E-state index is 12.9. The molecule has 5 heteroatoms. The van der Waals surface area contributed by atoms with Crippen LogP contribution in [0.2, 0.25) is 0 Å². The predicted octanol–water partition coefficient (Wildman–Crippen LogP) is 4.30. The van der Waals surface area contributed by atoms with E-state index < -0.39 is 33.7 Å². The highest BCUT2D eigenvalue weighted by molar-refractivity contribution is 7.98. The third-order valence-electron chi connectivity index (χ3n) is 1.65. The van der Waals surface area contributed by atoms with E-state index in [0.29, 0.717) is 11.8 Å². The molecule has 0 bridgehead atoms. The summed E-state index contributed by atoms with van der Waals surface area (Å²) in [6.45, 7) is 4.99. The summed E-state index contributed by atoms with van der Waals surface area (Å²) >= 11 is 0.629. The number of benzene rings is 1. The summed E-state index contributed by atoms with van der Waals surface area (Å²) in [6.07, 6.45) is 1.34. The Morgan fingerprint density at radius 3 is 1.40 bits per heavy atom. The van der Waals surface area contributed by atoms with Crippen LogP contribution in [0.4, 0.5) is 17.6 Å². The van der Waals surface area contributed by atoms with Gasteiger partial charge in [-0.25, -0.2) is 17.6 Å². The van der Waals surface area contributed by atoms with Crippen molar-refractivity contribution in [2.75, 3.05) is 6.26 Å². The van der Waals surface area contributed by atoms with Gasteiger partial charge >= 0.3 is 0 Å². The van der Waals surface area contributed by atoms with Crippen LogP contribution < -0.4 is 0 Å². The van der Waals surface area contributed by atoms with Gasteiger partial charge in [-0.1, -0.05) is 13.8 Å². The molecule has 86 valence electrons. The fourth-order valence-electron chi connectivity index (χ4n) is 0.901. The first-order chi connectivity index (χ1) is 7.00. The second-order valence-electron chi connectivity index (χ2n) is 2.41. The molecule has 15 heavy (non-hydrogen) atoms. The zero-order valence-electron chi connectivity index (χ0n) is 8.92. The zero-order valence-corrected chi connectivity index (χ0v) is 9.74. The van der Waals surface area contributed by atoms with Gasteiger partial charge in [0.1, 0.15) is 0 Å². The Labute approximate surface area is 90.7 Å². The van der Waals surface area contributed by atoms with Gasteiger partial charge in [0.15, 0.2) is 23.3 Å². The minimum atomic E-state index is -1.33. The standard InChI is InChI=1S/C8H6F4S.C2H6/c1-3-4(9)6(11)8(13-2)7(12)5(3)10;1-2/h1-2H3;1-2H3. The Morgan fingerprint density at radius 1 is 0.800 bits per heavy atom. The highest BCUT2D eigenvalue weighted by atomic mass is 32.2. The molecule has 0 nitrogen and oxygen atoms in total. The molecule has 0 aliphatic carbocycles. The first-order valence-corrected chi connectivity index (χ1v) is 5.59. The van der Waals surface area contributed by atoms with E-state index in [1.165, 1.54) is 6.26 Å². The summed E-state index contributed by atoms with van der Waals surface area (Å²) in [4.78, 5) is -0.624. The fourth-order valence-corrected chi connectivity index (χ4v) is 1.44. The zero-order chi connectivity index (χ0) is 12.2. The van der Waals surface area contributed by atoms with E-state index in [0.717, 1.165) is 6.92 Å². The second-order valence-corrected chi connectivity index (χ2v) is 3.23. The van der Waals surface area contributed by atoms with Crippen molar-refractivity contribution in [3.63, 3.8) is 0 Å². The highest BCUT2D eigenvalue weighted by Gasteiger charge is 2.21. The van der Waals surface area contributed by atoms with Crippen molar-refractivity contribution < 1.29 is 17.6 Å². The van der Waals surface area contributed by atoms with Crippen molar-refractivity contribution in [2.45, 2.75) is 25.7 Å². The van der Waals surface area contributed by atoms with Gasteiger partial charge < -0.3 is 0 Å². The second kappa shape index (κ2) is 6.00. The molecule has 0 aliphatic heterocycles. The van der Waals surface area contributed by atoms with Crippen LogP contribution in [0.3, 0.4) is 0 Å². The first-order valence-electron chi connectivity index (χ1n) is 4.37. The van der Waals surface area contributed by atoms with Gasteiger partial charge in [0, 0.05) is 5.56 Å². The number of hydrogen-bond acceptors (Lipinski definition) is 1. The van der Waals surface area contributed by atoms with Gasteiger partial charge in [0.25, 0.3) is 0 Å². The first kappa shape index (κ1) is 14.3. The average Bonchev–Trinajstić information content (AvgIpc) is 2.27. The van der Waals surface area contributed by atoms with Crippen LogP contribution >= 0.6 is 11.8 Å². The van der Waals surface area contributed by atoms with Crippen molar-refractivity contribution in [2.24, 2.45) is 0 Å². The lowest BCUT2D eigenvalue weighted by Gasteiger charge is -2.06. The van der Waals surface area contributed by atoms with E-state index in [1.54, 1.807) is 0 Å². The molecular weight excluding hydrogens is 228 g/mol. The Hall–Kier alpha value is -0.710. The van der Waals surface area contributed by atoms with Gasteiger partial charge in [-0.15, -0.1) is 11.8 Å². The fraction of sp³-hybridized carbons (Fsp3) is 0.400. The number of rotatable bonds is 1. The molecule has 0 spiro atoms. The SMILES string of the molecule is CC.CSc1c(F)c(F)c(C)c(F)c1F. The average molecular weight is 240 g/mol. The predicted molar refractivity (Wildman–Crippen MR) is 54.1 cm³/mol. The van der Waals surface area contributed by atoms with Crippen LogP contribution in [0, 0.1) is 30.2 Å². The van der Waals surface area contributed by atoms with Gasteiger partial charge in [0.05, 0.1) is 4.90 Å². The normalized spacial score (nSPS) is 9.60. The van der Waals surface area contributed by atoms with Crippen LogP contribution in [0.5, 0.6) is 0 Å². The molecule has 0 heterocycles. The number of halogens is 4. The van der Waals surface area contributed by atoms with Gasteiger partial charge in [-0.3, -0.25) is 0 Å². The van der Waals surface area contributed by atoms with Crippen molar-refractivity contribution in [1.82, 2.24) is 0 Å². The molecule has 0 saturated carbocycles. The molecule has 1 aromatic carbocycles. The number of hydrogen-bond donors (Lipinski definition) is 0. The van der Waals surface area contributed by atoms with Crippen LogP contribution in [-0.2, 0) is 0 Å². The van der Waals surface area contributed by atoms with E-state index in [-0.39, 0.29) is 0 Å². The Morgan fingerprint density at radius 2 is 1.13 bits per heavy atom. The maximum Gasteiger partial charge on any atom is 0.175 e. The Kier molecular flexibility index (Phi) is 5.72. The minimum absolute atomic E-state index is 0.624. The third-order valence-corrected chi connectivity index (χ3v) is 2.41. The minimum Gasteiger partial charge on any atom is -0.203 e. The molecule has 1 aromatic rings. The van der Waals surface area contributed by atoms with Gasteiger partial charge in [-0.05, 0) is 13.2 Å². The molecule has 0 aromatic heterocycles. The van der Waals surface area contributed by atoms with E-state index >= 15 is 0 Å². The molecule has 0 atom stereocenters. The van der Waals surface area contributed by atoms with E-state index in [4.69, 9.17) is 0 Å².